The smallest absolute Gasteiger partial charge is 0.360 e. The summed E-state index contributed by atoms with van der Waals surface area (Å²) in [7, 11) is 0. The largest absolute Gasteiger partial charge is 0.457 e. The Morgan fingerprint density at radius 3 is 2.06 bits per heavy atom. The summed E-state index contributed by atoms with van der Waals surface area (Å²) in [6.45, 7) is 13.3. The first-order valence-corrected chi connectivity index (χ1v) is 19.3. The summed E-state index contributed by atoms with van der Waals surface area (Å²) in [6.07, 6.45) is 29.6. The van der Waals surface area contributed by atoms with Gasteiger partial charge in [0.05, 0.1) is 17.2 Å². The van der Waals surface area contributed by atoms with Crippen molar-refractivity contribution < 1.29 is 33.7 Å². The van der Waals surface area contributed by atoms with Gasteiger partial charge in [-0.3, -0.25) is 0 Å². The van der Waals surface area contributed by atoms with E-state index in [2.05, 4.69) is 28.3 Å². The number of rotatable bonds is 6. The maximum atomic E-state index is 13.4. The third-order valence-corrected chi connectivity index (χ3v) is 10.6. The van der Waals surface area contributed by atoms with Crippen molar-refractivity contribution in [1.82, 2.24) is 15.3 Å². The van der Waals surface area contributed by atoms with Gasteiger partial charge in [0.1, 0.15) is 18.5 Å². The van der Waals surface area contributed by atoms with Crippen molar-refractivity contribution >= 4 is 29.4 Å². The molecule has 0 amide bonds. The van der Waals surface area contributed by atoms with E-state index in [4.69, 9.17) is 13.9 Å². The van der Waals surface area contributed by atoms with Crippen LogP contribution >= 0.6 is 11.3 Å². The van der Waals surface area contributed by atoms with Gasteiger partial charge in [-0.15, -0.1) is 11.3 Å². The molecule has 0 aliphatic carbocycles. The summed E-state index contributed by atoms with van der Waals surface area (Å²) < 4.78 is 17.5. The molecule has 4 bridgehead atoms. The Labute approximate surface area is 323 Å². The van der Waals surface area contributed by atoms with Gasteiger partial charge in [0.2, 0.25) is 5.89 Å². The summed E-state index contributed by atoms with van der Waals surface area (Å²) in [5.74, 6) is -0.745. The standard InChI is InChI=1S/C43H55N3O7S/c1-8-18-34(47)42(4,5)36-23-14-12-10-11-13-20-29(3)26-39-46-33(28-54-39)41(50)53-37(43(6,7)35(48)19-9-2)24-17-22-31-30(44-31)21-15-16-25-38-45-32(27-51-38)40(49)52-36/h8-22,25,27-31,34-37,44,47-48H,23-24,26H2,1-7H3/b11-10-,14-12-,18-8+,19-9+,20-13+,21-15+,22-17-,25-16-/t29-,30-,31+,34-,35-,36-,37-/m0/s1. The molecule has 10 nitrogen and oxygen atoms in total. The number of hydrogen-bond acceptors (Lipinski definition) is 11. The average molecular weight is 758 g/mol. The third kappa shape index (κ3) is 12.0. The van der Waals surface area contributed by atoms with Crippen LogP contribution in [-0.4, -0.2) is 68.6 Å². The van der Waals surface area contributed by atoms with E-state index in [0.29, 0.717) is 19.3 Å². The fraction of sp³-hybridized carbons (Fsp3) is 0.442. The zero-order valence-corrected chi connectivity index (χ0v) is 33.1. The van der Waals surface area contributed by atoms with Crippen LogP contribution in [0, 0.1) is 16.7 Å². The molecule has 0 radical (unpaired) electrons. The van der Waals surface area contributed by atoms with E-state index < -0.39 is 47.2 Å². The molecule has 1 saturated heterocycles. The number of hydrogen-bond donors (Lipinski definition) is 3. The lowest BCUT2D eigenvalue weighted by molar-refractivity contribution is -0.0461. The fourth-order valence-corrected chi connectivity index (χ4v) is 6.69. The van der Waals surface area contributed by atoms with Crippen LogP contribution in [0.15, 0.2) is 107 Å². The van der Waals surface area contributed by atoms with Crippen LogP contribution in [-0.2, 0) is 15.9 Å². The summed E-state index contributed by atoms with van der Waals surface area (Å²) in [4.78, 5) is 35.5. The van der Waals surface area contributed by atoms with Crippen LogP contribution in [0.3, 0.4) is 0 Å². The summed E-state index contributed by atoms with van der Waals surface area (Å²) in [6, 6.07) is 0.210. The summed E-state index contributed by atoms with van der Waals surface area (Å²) >= 11 is 1.42. The van der Waals surface area contributed by atoms with Crippen LogP contribution in [0.5, 0.6) is 0 Å². The van der Waals surface area contributed by atoms with Gasteiger partial charge in [0.15, 0.2) is 11.4 Å². The van der Waals surface area contributed by atoms with Crippen LogP contribution in [0.2, 0.25) is 0 Å². The number of cyclic esters (lactones) is 2. The molecule has 2 aromatic heterocycles. The molecule has 7 atom stereocenters. The first-order chi connectivity index (χ1) is 25.8. The first kappa shape index (κ1) is 42.3. The van der Waals surface area contributed by atoms with Gasteiger partial charge in [0.25, 0.3) is 0 Å². The monoisotopic (exact) mass is 757 g/mol. The maximum Gasteiger partial charge on any atom is 0.360 e. The second-order valence-electron chi connectivity index (χ2n) is 14.8. The number of aliphatic hydroxyl groups excluding tert-OH is 2. The van der Waals surface area contributed by atoms with Crippen molar-refractivity contribution in [1.29, 1.82) is 0 Å². The van der Waals surface area contributed by atoms with E-state index in [1.165, 1.54) is 17.6 Å². The number of nitrogens with zero attached hydrogens (tertiary/aromatic N) is 2. The Hall–Kier alpha value is -4.42. The Morgan fingerprint density at radius 1 is 0.796 bits per heavy atom. The quantitative estimate of drug-likeness (QED) is 0.151. The number of allylic oxidation sites excluding steroid dienone is 9. The van der Waals surface area contributed by atoms with Crippen LogP contribution < -0.4 is 5.32 Å². The maximum absolute atomic E-state index is 13.4. The van der Waals surface area contributed by atoms with E-state index in [1.54, 1.807) is 41.8 Å². The van der Waals surface area contributed by atoms with Gasteiger partial charge in [-0.25, -0.2) is 19.6 Å². The first-order valence-electron chi connectivity index (χ1n) is 18.5. The van der Waals surface area contributed by atoms with Crippen molar-refractivity contribution in [3.8, 4) is 0 Å². The Balaban J connectivity index is 1.56. The van der Waals surface area contributed by atoms with Crippen LogP contribution in [0.25, 0.3) is 6.08 Å². The van der Waals surface area contributed by atoms with Crippen LogP contribution in [0.1, 0.15) is 93.2 Å². The molecule has 4 rings (SSSR count). The fourth-order valence-electron chi connectivity index (χ4n) is 5.78. The predicted molar refractivity (Wildman–Crippen MR) is 214 cm³/mol. The zero-order valence-electron chi connectivity index (χ0n) is 32.3. The molecular weight excluding hydrogens is 703 g/mol. The molecule has 2 aliphatic rings. The number of thiazole rings is 1. The molecule has 0 spiro atoms. The van der Waals surface area contributed by atoms with Gasteiger partial charge < -0.3 is 29.4 Å². The second-order valence-corrected chi connectivity index (χ2v) is 15.8. The normalized spacial score (nSPS) is 28.6. The number of carbonyl (C=O) groups excluding carboxylic acids is 2. The number of fused-ring (bicyclic) bond motifs is 5. The van der Waals surface area contributed by atoms with Crippen LogP contribution in [0.4, 0.5) is 0 Å². The van der Waals surface area contributed by atoms with Gasteiger partial charge in [0, 0.05) is 53.6 Å². The van der Waals surface area contributed by atoms with Crippen molar-refractivity contribution in [2.75, 3.05) is 0 Å². The minimum absolute atomic E-state index is 0.0381. The second kappa shape index (κ2) is 19.8. The number of nitrogens with one attached hydrogen (secondary N) is 1. The number of oxazole rings is 1. The van der Waals surface area contributed by atoms with Gasteiger partial charge in [-0.2, -0.15) is 0 Å². The highest BCUT2D eigenvalue weighted by molar-refractivity contribution is 7.09. The lowest BCUT2D eigenvalue weighted by atomic mass is 9.79. The molecule has 11 heteroatoms. The Bertz CT molecular complexity index is 1790. The molecule has 3 N–H and O–H groups in total. The van der Waals surface area contributed by atoms with E-state index in [-0.39, 0.29) is 35.3 Å². The van der Waals surface area contributed by atoms with E-state index in [0.717, 1.165) is 5.01 Å². The van der Waals surface area contributed by atoms with Gasteiger partial charge >= 0.3 is 11.9 Å². The highest BCUT2D eigenvalue weighted by Crippen LogP contribution is 2.34. The van der Waals surface area contributed by atoms with E-state index in [9.17, 15) is 19.8 Å². The summed E-state index contributed by atoms with van der Waals surface area (Å²) in [5, 5.41) is 27.7. The SMILES string of the molecule is C/C=C/[C@H](O)C(C)(C)[C@@H]1C\C=C/C=C\C=C\[C@H](C)Cc2nc(cs2)C(=O)O[C@H](C(C)(C)[C@@H](O)/C=C/C)C/C=C\[C@H]2N[C@H]2/C=C/C=C\c2nc(co2)C(=O)O1. The average Bonchev–Trinajstić information content (AvgIpc) is 3.45. The topological polar surface area (TPSA) is 154 Å². The minimum atomic E-state index is -0.846. The van der Waals surface area contributed by atoms with Crippen molar-refractivity contribution in [3.63, 3.8) is 0 Å². The summed E-state index contributed by atoms with van der Waals surface area (Å²) in [5.41, 5.74) is -1.27. The highest BCUT2D eigenvalue weighted by atomic mass is 32.1. The minimum Gasteiger partial charge on any atom is -0.457 e. The molecule has 0 aromatic carbocycles. The lowest BCUT2D eigenvalue weighted by Crippen LogP contribution is -2.42. The highest BCUT2D eigenvalue weighted by Gasteiger charge is 2.39. The Kier molecular flexibility index (Phi) is 15.5. The van der Waals surface area contributed by atoms with Crippen molar-refractivity contribution in [2.45, 2.75) is 104 Å². The molecule has 290 valence electrons. The molecule has 1 fully saturated rings. The molecule has 0 unspecified atom stereocenters. The number of aromatic nitrogens is 2. The van der Waals surface area contributed by atoms with Crippen molar-refractivity contribution in [2.24, 2.45) is 16.7 Å². The van der Waals surface area contributed by atoms with Gasteiger partial charge in [-0.05, 0) is 19.8 Å². The number of carbonyl (C=O) groups is 2. The molecule has 4 heterocycles. The number of esters is 2. The predicted octanol–water partition coefficient (Wildman–Crippen LogP) is 7.92. The van der Waals surface area contributed by atoms with Gasteiger partial charge in [-0.1, -0.05) is 126 Å². The lowest BCUT2D eigenvalue weighted by Gasteiger charge is -2.36. The third-order valence-electron chi connectivity index (χ3n) is 9.70. The van der Waals surface area contributed by atoms with Crippen molar-refractivity contribution in [3.05, 3.63) is 125 Å². The Morgan fingerprint density at radius 2 is 1.39 bits per heavy atom. The molecule has 2 aliphatic heterocycles. The number of aliphatic hydroxyl groups is 2. The molecule has 2 aromatic rings. The number of ether oxygens (including phenoxy) is 2. The molecule has 54 heavy (non-hydrogen) atoms. The van der Waals surface area contributed by atoms with E-state index >= 15 is 0 Å². The molecule has 0 saturated carbocycles. The molecular formula is C43H55N3O7S. The van der Waals surface area contributed by atoms with E-state index in [1.807, 2.05) is 96.2 Å². The zero-order chi connectivity index (χ0) is 39.3.